The molecule has 0 aliphatic rings. The second-order valence-corrected chi connectivity index (χ2v) is 9.28. The van der Waals surface area contributed by atoms with E-state index in [0.29, 0.717) is 27.4 Å². The number of carboxylic acid groups (broad SMARTS) is 1. The monoisotopic (exact) mass is 568 g/mol. The number of Topliss-reactive ketones (excluding diaryl/α,β-unsaturated/α-hetero) is 1. The largest absolute Gasteiger partial charge is 0.497 e. The van der Waals surface area contributed by atoms with Crippen LogP contribution in [0, 0.1) is 0 Å². The Labute approximate surface area is 230 Å². The van der Waals surface area contributed by atoms with Gasteiger partial charge in [-0.1, -0.05) is 11.6 Å². The van der Waals surface area contributed by atoms with Crippen LogP contribution in [0.25, 0.3) is 27.8 Å². The summed E-state index contributed by atoms with van der Waals surface area (Å²) < 4.78 is 47.3. The van der Waals surface area contributed by atoms with Gasteiger partial charge in [0.05, 0.1) is 30.1 Å². The molecule has 0 saturated heterocycles. The standard InChI is InChI=1S/C28H20ClF3N4O4/c1-40-18-6-4-17(5-7-18)33-26-20-12-15(28(30,31)32)2-8-22(20)34-27(35-26)36-14-21(24(37)10-11-25(38)39)19-13-16(29)3-9-23(19)36/h2-9,12-14H,10-11H2,1H3,(H,38,39)(H,33,34,35). The van der Waals surface area contributed by atoms with Crippen molar-refractivity contribution in [3.63, 3.8) is 0 Å². The molecule has 0 atom stereocenters. The van der Waals surface area contributed by atoms with Crippen LogP contribution in [0.5, 0.6) is 5.75 Å². The number of carbonyl (C=O) groups excluding carboxylic acids is 1. The highest BCUT2D eigenvalue weighted by Crippen LogP contribution is 2.35. The highest BCUT2D eigenvalue weighted by Gasteiger charge is 2.31. The predicted octanol–water partition coefficient (Wildman–Crippen LogP) is 7.05. The number of benzene rings is 3. The molecule has 0 aliphatic heterocycles. The number of carboxylic acids is 1. The number of nitrogens with zero attached hydrogens (tertiary/aromatic N) is 3. The zero-order valence-electron chi connectivity index (χ0n) is 20.8. The third kappa shape index (κ3) is 5.41. The van der Waals surface area contributed by atoms with Gasteiger partial charge >= 0.3 is 12.1 Å². The molecule has 0 aliphatic carbocycles. The SMILES string of the molecule is COc1ccc(Nc2nc(-n3cc(C(=O)CCC(=O)O)c4cc(Cl)ccc43)nc3ccc(C(F)(F)F)cc23)cc1. The van der Waals surface area contributed by atoms with E-state index in [1.54, 1.807) is 42.5 Å². The molecule has 12 heteroatoms. The zero-order chi connectivity index (χ0) is 28.6. The number of carbonyl (C=O) groups is 2. The second-order valence-electron chi connectivity index (χ2n) is 8.85. The van der Waals surface area contributed by atoms with E-state index in [2.05, 4.69) is 15.3 Å². The number of halogens is 4. The summed E-state index contributed by atoms with van der Waals surface area (Å²) >= 11 is 6.19. The van der Waals surface area contributed by atoms with Crippen LogP contribution in [0.4, 0.5) is 24.7 Å². The van der Waals surface area contributed by atoms with Gasteiger partial charge in [-0.15, -0.1) is 0 Å². The molecule has 0 amide bonds. The van der Waals surface area contributed by atoms with Crippen LogP contribution in [0.2, 0.25) is 5.02 Å². The Morgan fingerprint density at radius 2 is 1.75 bits per heavy atom. The number of alkyl halides is 3. The third-order valence-corrected chi connectivity index (χ3v) is 6.45. The molecule has 0 fully saturated rings. The molecule has 5 aromatic rings. The van der Waals surface area contributed by atoms with Crippen molar-refractivity contribution in [3.05, 3.63) is 83.0 Å². The molecule has 2 heterocycles. The number of aliphatic carboxylic acids is 1. The minimum Gasteiger partial charge on any atom is -0.497 e. The Morgan fingerprint density at radius 3 is 2.42 bits per heavy atom. The number of aromatic nitrogens is 3. The van der Waals surface area contributed by atoms with Crippen LogP contribution in [-0.2, 0) is 11.0 Å². The van der Waals surface area contributed by atoms with Crippen molar-refractivity contribution in [2.75, 3.05) is 12.4 Å². The molecule has 5 rings (SSSR count). The van der Waals surface area contributed by atoms with E-state index in [1.165, 1.54) is 23.9 Å². The van der Waals surface area contributed by atoms with Gasteiger partial charge in [0, 0.05) is 39.7 Å². The molecular formula is C28H20ClF3N4O4. The fraction of sp³-hybridized carbons (Fsp3) is 0.143. The van der Waals surface area contributed by atoms with E-state index in [1.807, 2.05) is 0 Å². The third-order valence-electron chi connectivity index (χ3n) is 6.21. The molecule has 2 aromatic heterocycles. The number of hydrogen-bond acceptors (Lipinski definition) is 6. The number of fused-ring (bicyclic) bond motifs is 2. The number of hydrogen-bond donors (Lipinski definition) is 2. The fourth-order valence-corrected chi connectivity index (χ4v) is 4.42. The fourth-order valence-electron chi connectivity index (χ4n) is 4.25. The average molecular weight is 569 g/mol. The zero-order valence-corrected chi connectivity index (χ0v) is 21.5. The Bertz CT molecular complexity index is 1770. The lowest BCUT2D eigenvalue weighted by Gasteiger charge is -2.14. The lowest BCUT2D eigenvalue weighted by molar-refractivity contribution is -0.138. The number of rotatable bonds is 8. The predicted molar refractivity (Wildman–Crippen MR) is 144 cm³/mol. The van der Waals surface area contributed by atoms with E-state index < -0.39 is 23.5 Å². The van der Waals surface area contributed by atoms with Crippen molar-refractivity contribution < 1.29 is 32.6 Å². The van der Waals surface area contributed by atoms with Gasteiger partial charge in [0.1, 0.15) is 11.6 Å². The van der Waals surface area contributed by atoms with Crippen molar-refractivity contribution in [3.8, 4) is 11.7 Å². The van der Waals surface area contributed by atoms with E-state index in [4.69, 9.17) is 21.4 Å². The summed E-state index contributed by atoms with van der Waals surface area (Å²) in [5.41, 5.74) is 0.632. The van der Waals surface area contributed by atoms with Crippen molar-refractivity contribution in [2.45, 2.75) is 19.0 Å². The number of ether oxygens (including phenoxy) is 1. The summed E-state index contributed by atoms with van der Waals surface area (Å²) in [7, 11) is 1.51. The Kier molecular flexibility index (Phi) is 7.07. The van der Waals surface area contributed by atoms with Crippen molar-refractivity contribution in [2.24, 2.45) is 0 Å². The number of ketones is 1. The van der Waals surface area contributed by atoms with E-state index in [0.717, 1.165) is 12.1 Å². The average Bonchev–Trinajstić information content (AvgIpc) is 3.30. The van der Waals surface area contributed by atoms with Gasteiger partial charge in [-0.2, -0.15) is 18.2 Å². The normalized spacial score (nSPS) is 11.6. The summed E-state index contributed by atoms with van der Waals surface area (Å²) in [5.74, 6) is -0.754. The molecule has 0 unspecified atom stereocenters. The van der Waals surface area contributed by atoms with Gasteiger partial charge in [0.25, 0.3) is 0 Å². The quantitative estimate of drug-likeness (QED) is 0.193. The maximum Gasteiger partial charge on any atom is 0.416 e. The van der Waals surface area contributed by atoms with E-state index in [-0.39, 0.29) is 41.1 Å². The highest BCUT2D eigenvalue weighted by atomic mass is 35.5. The molecule has 8 nitrogen and oxygen atoms in total. The lowest BCUT2D eigenvalue weighted by atomic mass is 10.1. The van der Waals surface area contributed by atoms with Gasteiger partial charge < -0.3 is 15.2 Å². The molecular weight excluding hydrogens is 549 g/mol. The first kappa shape index (κ1) is 26.9. The summed E-state index contributed by atoms with van der Waals surface area (Å²) in [4.78, 5) is 33.0. The first-order valence-corrected chi connectivity index (χ1v) is 12.3. The lowest BCUT2D eigenvalue weighted by Crippen LogP contribution is -2.08. The number of methoxy groups -OCH3 is 1. The van der Waals surface area contributed by atoms with Crippen LogP contribution in [0.3, 0.4) is 0 Å². The van der Waals surface area contributed by atoms with Crippen molar-refractivity contribution in [1.82, 2.24) is 14.5 Å². The van der Waals surface area contributed by atoms with E-state index in [9.17, 15) is 22.8 Å². The summed E-state index contributed by atoms with van der Waals surface area (Å²) in [6.45, 7) is 0. The molecule has 0 bridgehead atoms. The topological polar surface area (TPSA) is 106 Å². The van der Waals surface area contributed by atoms with Gasteiger partial charge in [-0.05, 0) is 60.7 Å². The van der Waals surface area contributed by atoms with Crippen molar-refractivity contribution in [1.29, 1.82) is 0 Å². The first-order valence-electron chi connectivity index (χ1n) is 11.9. The minimum atomic E-state index is -4.58. The van der Waals surface area contributed by atoms with Crippen LogP contribution in [0.15, 0.2) is 66.9 Å². The van der Waals surface area contributed by atoms with Crippen LogP contribution in [0.1, 0.15) is 28.8 Å². The number of nitrogens with one attached hydrogen (secondary N) is 1. The second kappa shape index (κ2) is 10.5. The van der Waals surface area contributed by atoms with Crippen LogP contribution in [-0.4, -0.2) is 38.5 Å². The van der Waals surface area contributed by atoms with Crippen LogP contribution >= 0.6 is 11.6 Å². The van der Waals surface area contributed by atoms with Gasteiger partial charge in [-0.3, -0.25) is 14.2 Å². The van der Waals surface area contributed by atoms with Crippen molar-refractivity contribution >= 4 is 56.7 Å². The Morgan fingerprint density at radius 1 is 1.00 bits per heavy atom. The Balaban J connectivity index is 1.69. The molecule has 2 N–H and O–H groups in total. The molecule has 204 valence electrons. The molecule has 3 aromatic carbocycles. The molecule has 0 saturated carbocycles. The molecule has 40 heavy (non-hydrogen) atoms. The van der Waals surface area contributed by atoms with Crippen LogP contribution < -0.4 is 10.1 Å². The molecule has 0 radical (unpaired) electrons. The highest BCUT2D eigenvalue weighted by molar-refractivity contribution is 6.31. The first-order chi connectivity index (χ1) is 19.0. The van der Waals surface area contributed by atoms with Gasteiger partial charge in [0.15, 0.2) is 5.78 Å². The minimum absolute atomic E-state index is 0.0767. The number of anilines is 2. The maximum absolute atomic E-state index is 13.5. The molecule has 0 spiro atoms. The van der Waals surface area contributed by atoms with Gasteiger partial charge in [0.2, 0.25) is 5.95 Å². The summed E-state index contributed by atoms with van der Waals surface area (Å²) in [6, 6.07) is 14.8. The summed E-state index contributed by atoms with van der Waals surface area (Å²) in [5, 5.41) is 13.0. The maximum atomic E-state index is 13.5. The van der Waals surface area contributed by atoms with Gasteiger partial charge in [-0.25, -0.2) is 4.98 Å². The smallest absolute Gasteiger partial charge is 0.416 e. The Hall–Kier alpha value is -4.64. The van der Waals surface area contributed by atoms with E-state index >= 15 is 0 Å². The summed E-state index contributed by atoms with van der Waals surface area (Å²) in [6.07, 6.45) is -3.68.